The first-order chi connectivity index (χ1) is 16.7. The summed E-state index contributed by atoms with van der Waals surface area (Å²) in [5.74, 6) is -0.458. The van der Waals surface area contributed by atoms with E-state index in [-0.39, 0.29) is 22.9 Å². The highest BCUT2D eigenvalue weighted by Crippen LogP contribution is 2.29. The van der Waals surface area contributed by atoms with Gasteiger partial charge in [0, 0.05) is 17.0 Å². The minimum absolute atomic E-state index is 0.00141. The molecule has 0 saturated heterocycles. The number of hydrazone groups is 1. The smallest absolute Gasteiger partial charge is 0.335 e. The number of halogens is 2. The Morgan fingerprint density at radius 1 is 1.09 bits per heavy atom. The Kier molecular flexibility index (Phi) is 9.85. The van der Waals surface area contributed by atoms with Gasteiger partial charge in [-0.15, -0.1) is 11.8 Å². The van der Waals surface area contributed by atoms with Crippen molar-refractivity contribution < 1.29 is 24.4 Å². The summed E-state index contributed by atoms with van der Waals surface area (Å²) in [5.41, 5.74) is 4.31. The van der Waals surface area contributed by atoms with E-state index >= 15 is 0 Å². The Labute approximate surface area is 231 Å². The number of benzene rings is 3. The van der Waals surface area contributed by atoms with Crippen molar-refractivity contribution in [2.45, 2.75) is 11.5 Å². The molecule has 0 bridgehead atoms. The lowest BCUT2D eigenvalue weighted by atomic mass is 10.1. The van der Waals surface area contributed by atoms with Crippen molar-refractivity contribution in [2.24, 2.45) is 5.10 Å². The van der Waals surface area contributed by atoms with E-state index in [2.05, 4.69) is 55.7 Å². The number of amides is 1. The molecule has 0 saturated carbocycles. The summed E-state index contributed by atoms with van der Waals surface area (Å²) in [7, 11) is 0. The summed E-state index contributed by atoms with van der Waals surface area (Å²) in [4.78, 5) is 34.0. The molecule has 35 heavy (non-hydrogen) atoms. The Morgan fingerprint density at radius 2 is 1.71 bits per heavy atom. The molecule has 3 aromatic carbocycles. The molecular weight excluding hydrogens is 700 g/mol. The largest absolute Gasteiger partial charge is 0.487 e. The van der Waals surface area contributed by atoms with Gasteiger partial charge in [0.1, 0.15) is 12.4 Å². The standard InChI is InChI=1S/C23H17I2N3O6S/c24-19-9-15(10-20(25)22(19)34-12-14-1-3-16(4-2-14)23(30)31)11-26-27-21(29)13-35-18-7-5-17(6-8-18)28(32)33/h1-11H,12-13H2,(H,27,29)(H,30,31)/b26-11-. The molecule has 0 aromatic heterocycles. The maximum absolute atomic E-state index is 12.0. The molecule has 0 aliphatic heterocycles. The van der Waals surface area contributed by atoms with Crippen molar-refractivity contribution >= 4 is 80.7 Å². The number of nitrogens with zero attached hydrogens (tertiary/aromatic N) is 2. The first-order valence-electron chi connectivity index (χ1n) is 9.86. The van der Waals surface area contributed by atoms with Crippen LogP contribution in [0.3, 0.4) is 0 Å². The number of hydrogen-bond donors (Lipinski definition) is 2. The predicted octanol–water partition coefficient (Wildman–Crippen LogP) is 5.32. The van der Waals surface area contributed by atoms with Crippen LogP contribution < -0.4 is 10.2 Å². The van der Waals surface area contributed by atoms with Gasteiger partial charge in [0.15, 0.2) is 0 Å². The van der Waals surface area contributed by atoms with Gasteiger partial charge in [-0.1, -0.05) is 12.1 Å². The number of rotatable bonds is 10. The third-order valence-corrected chi connectivity index (χ3v) is 7.04. The van der Waals surface area contributed by atoms with Gasteiger partial charge < -0.3 is 9.84 Å². The summed E-state index contributed by atoms with van der Waals surface area (Å²) in [5, 5.41) is 23.7. The molecule has 0 aliphatic carbocycles. The molecule has 0 radical (unpaired) electrons. The number of carbonyl (C=O) groups is 2. The molecule has 12 heteroatoms. The molecule has 0 heterocycles. The highest BCUT2D eigenvalue weighted by atomic mass is 127. The maximum Gasteiger partial charge on any atom is 0.335 e. The minimum Gasteiger partial charge on any atom is -0.487 e. The van der Waals surface area contributed by atoms with E-state index in [4.69, 9.17) is 9.84 Å². The normalized spacial score (nSPS) is 10.8. The average molecular weight is 717 g/mol. The van der Waals surface area contributed by atoms with Crippen molar-refractivity contribution in [3.05, 3.63) is 94.6 Å². The minimum atomic E-state index is -0.974. The maximum atomic E-state index is 12.0. The zero-order chi connectivity index (χ0) is 25.4. The zero-order valence-corrected chi connectivity index (χ0v) is 22.9. The van der Waals surface area contributed by atoms with E-state index < -0.39 is 10.9 Å². The lowest BCUT2D eigenvalue weighted by Crippen LogP contribution is -2.19. The van der Waals surface area contributed by atoms with Gasteiger partial charge in [-0.2, -0.15) is 5.10 Å². The van der Waals surface area contributed by atoms with Gasteiger partial charge in [0.05, 0.1) is 29.6 Å². The quantitative estimate of drug-likeness (QED) is 0.0955. The Morgan fingerprint density at radius 3 is 2.29 bits per heavy atom. The molecule has 1 amide bonds. The number of non-ortho nitro benzene ring substituents is 1. The molecule has 0 spiro atoms. The van der Waals surface area contributed by atoms with Gasteiger partial charge in [0.2, 0.25) is 5.91 Å². The molecule has 3 rings (SSSR count). The summed E-state index contributed by atoms with van der Waals surface area (Å²) in [6, 6.07) is 16.2. The van der Waals surface area contributed by atoms with E-state index in [0.29, 0.717) is 12.4 Å². The number of carboxylic acid groups (broad SMARTS) is 1. The van der Waals surface area contributed by atoms with Crippen LogP contribution in [-0.4, -0.2) is 33.9 Å². The van der Waals surface area contributed by atoms with Gasteiger partial charge in [-0.05, 0) is 92.7 Å². The van der Waals surface area contributed by atoms with Crippen LogP contribution in [0, 0.1) is 17.3 Å². The monoisotopic (exact) mass is 717 g/mol. The van der Waals surface area contributed by atoms with Crippen molar-refractivity contribution in [3.8, 4) is 5.75 Å². The number of nitro groups is 1. The van der Waals surface area contributed by atoms with Crippen molar-refractivity contribution in [1.29, 1.82) is 0 Å². The fourth-order valence-corrected chi connectivity index (χ4v) is 5.53. The number of aromatic carboxylic acids is 1. The SMILES string of the molecule is O=C(CSc1ccc([N+](=O)[O-])cc1)N/N=C\c1cc(I)c(OCc2ccc(C(=O)O)cc2)c(I)c1. The van der Waals surface area contributed by atoms with Crippen LogP contribution in [-0.2, 0) is 11.4 Å². The highest BCUT2D eigenvalue weighted by Gasteiger charge is 2.10. The lowest BCUT2D eigenvalue weighted by molar-refractivity contribution is -0.384. The van der Waals surface area contributed by atoms with Crippen LogP contribution in [0.1, 0.15) is 21.5 Å². The third-order valence-electron chi connectivity index (χ3n) is 4.43. The van der Waals surface area contributed by atoms with E-state index in [0.717, 1.165) is 23.2 Å². The molecule has 0 unspecified atom stereocenters. The number of nitrogens with one attached hydrogen (secondary N) is 1. The summed E-state index contributed by atoms with van der Waals surface area (Å²) < 4.78 is 7.65. The van der Waals surface area contributed by atoms with Crippen LogP contribution in [0.4, 0.5) is 5.69 Å². The van der Waals surface area contributed by atoms with Gasteiger partial charge in [0.25, 0.3) is 5.69 Å². The number of hydrogen-bond acceptors (Lipinski definition) is 7. The molecule has 0 fully saturated rings. The Hall–Kier alpha value is -2.72. The van der Waals surface area contributed by atoms with Gasteiger partial charge >= 0.3 is 5.97 Å². The Balaban J connectivity index is 1.51. The first kappa shape index (κ1) is 26.9. The van der Waals surface area contributed by atoms with E-state index in [9.17, 15) is 19.7 Å². The first-order valence-corrected chi connectivity index (χ1v) is 13.0. The van der Waals surface area contributed by atoms with E-state index in [1.54, 1.807) is 24.3 Å². The van der Waals surface area contributed by atoms with Crippen molar-refractivity contribution in [2.75, 3.05) is 5.75 Å². The highest BCUT2D eigenvalue weighted by molar-refractivity contribution is 14.1. The van der Waals surface area contributed by atoms with E-state index in [1.807, 2.05) is 12.1 Å². The van der Waals surface area contributed by atoms with E-state index in [1.165, 1.54) is 42.2 Å². The molecular formula is C23H17I2N3O6S. The van der Waals surface area contributed by atoms with Crippen LogP contribution in [0.5, 0.6) is 5.75 Å². The third kappa shape index (κ3) is 8.17. The van der Waals surface area contributed by atoms with Crippen LogP contribution in [0.25, 0.3) is 0 Å². The van der Waals surface area contributed by atoms with Gasteiger partial charge in [-0.25, -0.2) is 10.2 Å². The summed E-state index contributed by atoms with van der Waals surface area (Å²) in [6.45, 7) is 0.293. The predicted molar refractivity (Wildman–Crippen MR) is 149 cm³/mol. The topological polar surface area (TPSA) is 131 Å². The number of thioether (sulfide) groups is 1. The van der Waals surface area contributed by atoms with Crippen LogP contribution >= 0.6 is 56.9 Å². The summed E-state index contributed by atoms with van der Waals surface area (Å²) in [6.07, 6.45) is 1.53. The number of carbonyl (C=O) groups excluding carboxylic acids is 1. The zero-order valence-electron chi connectivity index (χ0n) is 17.8. The fourth-order valence-electron chi connectivity index (χ4n) is 2.72. The molecule has 3 aromatic rings. The molecule has 180 valence electrons. The number of ether oxygens (including phenoxy) is 1. The molecule has 0 aliphatic rings. The summed E-state index contributed by atoms with van der Waals surface area (Å²) >= 11 is 5.57. The van der Waals surface area contributed by atoms with Crippen molar-refractivity contribution in [3.63, 3.8) is 0 Å². The second-order valence-corrected chi connectivity index (χ2v) is 10.3. The molecule has 0 atom stereocenters. The second-order valence-electron chi connectivity index (χ2n) is 6.94. The number of carboxylic acids is 1. The Bertz CT molecular complexity index is 1240. The van der Waals surface area contributed by atoms with Gasteiger partial charge in [-0.3, -0.25) is 14.9 Å². The second kappa shape index (κ2) is 12.8. The lowest BCUT2D eigenvalue weighted by Gasteiger charge is -2.11. The number of nitro benzene ring substituents is 1. The molecule has 2 N–H and O–H groups in total. The van der Waals surface area contributed by atoms with Crippen LogP contribution in [0.15, 0.2) is 70.7 Å². The van der Waals surface area contributed by atoms with Crippen molar-refractivity contribution in [1.82, 2.24) is 5.43 Å². The van der Waals surface area contributed by atoms with Crippen LogP contribution in [0.2, 0.25) is 0 Å². The average Bonchev–Trinajstić information content (AvgIpc) is 2.82. The molecule has 9 nitrogen and oxygen atoms in total. The fraction of sp³-hybridized carbons (Fsp3) is 0.0870.